The minimum atomic E-state index is -0.555. The molecule has 1 aliphatic rings. The number of ether oxygens (including phenoxy) is 1. The number of carbonyl (C=O) groups is 1. The summed E-state index contributed by atoms with van der Waals surface area (Å²) >= 11 is 3.33. The van der Waals surface area contributed by atoms with Gasteiger partial charge in [-0.15, -0.1) is 5.10 Å². The lowest BCUT2D eigenvalue weighted by atomic mass is 10.1. The number of anilines is 1. The predicted octanol–water partition coefficient (Wildman–Crippen LogP) is 2.05. The number of tetrazole rings is 1. The molecule has 1 saturated heterocycles. The topological polar surface area (TPSA) is 108 Å². The van der Waals surface area contributed by atoms with Crippen molar-refractivity contribution >= 4 is 27.8 Å². The summed E-state index contributed by atoms with van der Waals surface area (Å²) < 4.78 is 20.5. The maximum absolute atomic E-state index is 13.9. The molecule has 1 aromatic carbocycles. The number of nitrogens with zero attached hydrogens (tertiary/aromatic N) is 7. The normalized spacial score (nSPS) is 14.6. The fraction of sp³-hybridized carbons (Fsp3) is 0.333. The number of hydrogen-bond acceptors (Lipinski definition) is 9. The maximum atomic E-state index is 13.9. The zero-order valence-corrected chi connectivity index (χ0v) is 17.5. The van der Waals surface area contributed by atoms with Crippen molar-refractivity contribution < 1.29 is 18.8 Å². The molecule has 4 rings (SSSR count). The summed E-state index contributed by atoms with van der Waals surface area (Å²) in [4.78, 5) is 27.1. The van der Waals surface area contributed by atoms with Gasteiger partial charge >= 0.3 is 5.97 Å². The second-order valence-corrected chi connectivity index (χ2v) is 7.52. The van der Waals surface area contributed by atoms with Gasteiger partial charge in [0, 0.05) is 54.7 Å². The van der Waals surface area contributed by atoms with Gasteiger partial charge in [0.25, 0.3) is 0 Å². The molecular weight excluding hydrogens is 461 g/mol. The lowest BCUT2D eigenvalue weighted by Gasteiger charge is -2.32. The molecule has 0 radical (unpaired) electrons. The van der Waals surface area contributed by atoms with Crippen molar-refractivity contribution in [2.75, 3.05) is 18.0 Å². The minimum Gasteiger partial charge on any atom is -0.487 e. The molecule has 0 spiro atoms. The van der Waals surface area contributed by atoms with Crippen LogP contribution in [-0.4, -0.2) is 55.5 Å². The van der Waals surface area contributed by atoms with Crippen molar-refractivity contribution in [1.29, 1.82) is 0 Å². The standard InChI is InChI=1S/C18H17BrFN7O3/c1-11(28)30-27-24-17(23-25-27)12-9-21-18(22-10-12)26-6-4-14(5-7-26)29-16-8-13(19)2-3-15(16)20/h2-3,8-10,14H,4-7H2,1H3. The van der Waals surface area contributed by atoms with Gasteiger partial charge in [-0.25, -0.2) is 19.2 Å². The molecule has 156 valence electrons. The first-order valence-electron chi connectivity index (χ1n) is 9.16. The fourth-order valence-electron chi connectivity index (χ4n) is 2.99. The molecule has 0 unspecified atom stereocenters. The molecule has 3 aromatic rings. The van der Waals surface area contributed by atoms with E-state index in [0.717, 1.165) is 22.3 Å². The first kappa shape index (κ1) is 20.1. The van der Waals surface area contributed by atoms with Gasteiger partial charge in [-0.3, -0.25) is 0 Å². The Morgan fingerprint density at radius 2 is 1.97 bits per heavy atom. The van der Waals surface area contributed by atoms with Crippen molar-refractivity contribution in [3.8, 4) is 17.1 Å². The van der Waals surface area contributed by atoms with E-state index >= 15 is 0 Å². The number of benzene rings is 1. The van der Waals surface area contributed by atoms with Crippen LogP contribution in [0.2, 0.25) is 0 Å². The van der Waals surface area contributed by atoms with Crippen LogP contribution in [-0.2, 0) is 4.79 Å². The molecule has 1 aliphatic heterocycles. The van der Waals surface area contributed by atoms with Crippen molar-refractivity contribution in [2.45, 2.75) is 25.9 Å². The van der Waals surface area contributed by atoms with Gasteiger partial charge in [-0.2, -0.15) is 0 Å². The van der Waals surface area contributed by atoms with Gasteiger partial charge in [0.15, 0.2) is 11.6 Å². The molecular formula is C18H17BrFN7O3. The Morgan fingerprint density at radius 1 is 1.23 bits per heavy atom. The summed E-state index contributed by atoms with van der Waals surface area (Å²) in [6.45, 7) is 2.60. The summed E-state index contributed by atoms with van der Waals surface area (Å²) in [5, 5.41) is 11.4. The SMILES string of the molecule is CC(=O)On1nnc(-c2cnc(N3CCC(Oc4cc(Br)ccc4F)CC3)nc2)n1. The summed E-state index contributed by atoms with van der Waals surface area (Å²) in [6.07, 6.45) is 4.52. The van der Waals surface area contributed by atoms with E-state index in [1.54, 1.807) is 24.5 Å². The van der Waals surface area contributed by atoms with E-state index in [1.807, 2.05) is 4.90 Å². The van der Waals surface area contributed by atoms with E-state index in [1.165, 1.54) is 13.0 Å². The highest BCUT2D eigenvalue weighted by atomic mass is 79.9. The van der Waals surface area contributed by atoms with Gasteiger partial charge in [-0.1, -0.05) is 21.0 Å². The Morgan fingerprint density at radius 3 is 2.67 bits per heavy atom. The Hall–Kier alpha value is -3.15. The number of aromatic nitrogens is 6. The first-order valence-corrected chi connectivity index (χ1v) is 9.95. The van der Waals surface area contributed by atoms with Crippen LogP contribution in [0.4, 0.5) is 10.3 Å². The Balaban J connectivity index is 1.35. The average Bonchev–Trinajstić information content (AvgIpc) is 3.19. The van der Waals surface area contributed by atoms with E-state index in [-0.39, 0.29) is 23.5 Å². The molecule has 1 fully saturated rings. The molecule has 0 amide bonds. The predicted molar refractivity (Wildman–Crippen MR) is 106 cm³/mol. The van der Waals surface area contributed by atoms with E-state index < -0.39 is 5.97 Å². The number of hydrogen-bond donors (Lipinski definition) is 0. The number of rotatable bonds is 5. The van der Waals surface area contributed by atoms with Gasteiger partial charge in [-0.05, 0) is 23.4 Å². The van der Waals surface area contributed by atoms with E-state index in [2.05, 4.69) is 41.3 Å². The number of halogens is 2. The summed E-state index contributed by atoms with van der Waals surface area (Å²) in [7, 11) is 0. The molecule has 0 saturated carbocycles. The lowest BCUT2D eigenvalue weighted by molar-refractivity contribution is -0.145. The molecule has 30 heavy (non-hydrogen) atoms. The third-order valence-electron chi connectivity index (χ3n) is 4.41. The second-order valence-electron chi connectivity index (χ2n) is 6.60. The van der Waals surface area contributed by atoms with Crippen LogP contribution in [0.1, 0.15) is 19.8 Å². The van der Waals surface area contributed by atoms with Crippen LogP contribution in [0.15, 0.2) is 35.1 Å². The Labute approximate surface area is 179 Å². The van der Waals surface area contributed by atoms with Crippen LogP contribution in [0, 0.1) is 5.82 Å². The smallest absolute Gasteiger partial charge is 0.333 e. The second kappa shape index (κ2) is 8.69. The van der Waals surface area contributed by atoms with Crippen molar-refractivity contribution in [3.63, 3.8) is 0 Å². The van der Waals surface area contributed by atoms with E-state index in [9.17, 15) is 9.18 Å². The van der Waals surface area contributed by atoms with Crippen LogP contribution in [0.25, 0.3) is 11.4 Å². The lowest BCUT2D eigenvalue weighted by Crippen LogP contribution is -2.39. The highest BCUT2D eigenvalue weighted by molar-refractivity contribution is 9.10. The molecule has 0 atom stereocenters. The number of carbonyl (C=O) groups excluding carboxylic acids is 1. The molecule has 12 heteroatoms. The van der Waals surface area contributed by atoms with E-state index in [0.29, 0.717) is 24.6 Å². The fourth-order valence-corrected chi connectivity index (χ4v) is 3.33. The monoisotopic (exact) mass is 477 g/mol. The highest BCUT2D eigenvalue weighted by Gasteiger charge is 2.23. The molecule has 3 heterocycles. The highest BCUT2D eigenvalue weighted by Crippen LogP contribution is 2.26. The zero-order valence-electron chi connectivity index (χ0n) is 15.9. The first-order chi connectivity index (χ1) is 14.5. The molecule has 0 aliphatic carbocycles. The van der Waals surface area contributed by atoms with Crippen LogP contribution in [0.3, 0.4) is 0 Å². The Bertz CT molecular complexity index is 1040. The largest absolute Gasteiger partial charge is 0.487 e. The number of piperidine rings is 1. The van der Waals surface area contributed by atoms with Crippen molar-refractivity contribution in [2.24, 2.45) is 0 Å². The molecule has 0 bridgehead atoms. The van der Waals surface area contributed by atoms with Crippen molar-refractivity contribution in [1.82, 2.24) is 30.3 Å². The summed E-state index contributed by atoms with van der Waals surface area (Å²) in [5.41, 5.74) is 0.542. The van der Waals surface area contributed by atoms with Crippen LogP contribution in [0.5, 0.6) is 5.75 Å². The molecule has 2 aromatic heterocycles. The Kier molecular flexibility index (Phi) is 5.84. The molecule has 0 N–H and O–H groups in total. The third-order valence-corrected chi connectivity index (χ3v) is 4.91. The third kappa shape index (κ3) is 4.70. The van der Waals surface area contributed by atoms with Gasteiger partial charge in [0.05, 0.1) is 5.56 Å². The van der Waals surface area contributed by atoms with Gasteiger partial charge in [0.2, 0.25) is 11.8 Å². The summed E-state index contributed by atoms with van der Waals surface area (Å²) in [6, 6.07) is 4.65. The maximum Gasteiger partial charge on any atom is 0.333 e. The zero-order chi connectivity index (χ0) is 21.1. The average molecular weight is 478 g/mol. The van der Waals surface area contributed by atoms with Gasteiger partial charge in [0.1, 0.15) is 6.10 Å². The molecule has 10 nitrogen and oxygen atoms in total. The minimum absolute atomic E-state index is 0.0789. The van der Waals surface area contributed by atoms with Crippen LogP contribution >= 0.6 is 15.9 Å². The van der Waals surface area contributed by atoms with Crippen molar-refractivity contribution in [3.05, 3.63) is 40.9 Å². The van der Waals surface area contributed by atoms with E-state index in [4.69, 9.17) is 9.57 Å². The van der Waals surface area contributed by atoms with Gasteiger partial charge < -0.3 is 14.5 Å². The van der Waals surface area contributed by atoms with Crippen LogP contribution < -0.4 is 14.5 Å². The summed E-state index contributed by atoms with van der Waals surface area (Å²) in [5.74, 6) is 0.126. The quantitative estimate of drug-likeness (QED) is 0.509.